The molecule has 2 heterocycles. The van der Waals surface area contributed by atoms with Crippen molar-refractivity contribution in [2.24, 2.45) is 0 Å². The fourth-order valence-electron chi connectivity index (χ4n) is 3.17. The Balaban J connectivity index is 1.71. The van der Waals surface area contributed by atoms with Gasteiger partial charge in [-0.15, -0.1) is 0 Å². The van der Waals surface area contributed by atoms with E-state index in [4.69, 9.17) is 4.42 Å². The lowest BCUT2D eigenvalue weighted by Gasteiger charge is -2.29. The highest BCUT2D eigenvalue weighted by atomic mass is 16.4. The molecule has 21 heavy (non-hydrogen) atoms. The van der Waals surface area contributed by atoms with Crippen molar-refractivity contribution in [1.29, 1.82) is 0 Å². The number of fused-ring (bicyclic) bond motifs is 1. The van der Waals surface area contributed by atoms with E-state index < -0.39 is 6.10 Å². The normalized spacial score (nSPS) is 23.3. The molecule has 1 aromatic carbocycles. The number of β-amino-alcohol motifs (C(OH)–C–C–N with tert-alkyl or cyclic N) is 1. The van der Waals surface area contributed by atoms with E-state index in [-0.39, 0.29) is 0 Å². The van der Waals surface area contributed by atoms with Crippen molar-refractivity contribution < 1.29 is 9.52 Å². The quantitative estimate of drug-likeness (QED) is 0.942. The summed E-state index contributed by atoms with van der Waals surface area (Å²) in [5.41, 5.74) is 0.843. The second-order valence-electron chi connectivity index (χ2n) is 6.16. The topological polar surface area (TPSA) is 39.9 Å². The van der Waals surface area contributed by atoms with Gasteiger partial charge in [0.1, 0.15) is 17.4 Å². The van der Waals surface area contributed by atoms with E-state index in [2.05, 4.69) is 23.8 Å². The number of hydrogen-bond donors (Lipinski definition) is 1. The average Bonchev–Trinajstić information content (AvgIpc) is 2.83. The van der Waals surface area contributed by atoms with Crippen LogP contribution in [0.3, 0.4) is 0 Å². The molecule has 114 valence electrons. The van der Waals surface area contributed by atoms with Crippen LogP contribution in [0.5, 0.6) is 0 Å². The zero-order chi connectivity index (χ0) is 14.8. The molecular formula is C17H24N2O2. The fourth-order valence-corrected chi connectivity index (χ4v) is 3.17. The Kier molecular flexibility index (Phi) is 4.29. The first-order valence-electron chi connectivity index (χ1n) is 7.72. The van der Waals surface area contributed by atoms with Crippen LogP contribution in [0.1, 0.15) is 25.2 Å². The molecule has 0 aliphatic carbocycles. The summed E-state index contributed by atoms with van der Waals surface area (Å²) in [4.78, 5) is 4.72. The highest BCUT2D eigenvalue weighted by Gasteiger charge is 2.23. The van der Waals surface area contributed by atoms with E-state index in [1.807, 2.05) is 30.3 Å². The second kappa shape index (κ2) is 6.18. The first-order chi connectivity index (χ1) is 10.1. The van der Waals surface area contributed by atoms with Crippen LogP contribution < -0.4 is 0 Å². The molecule has 2 aromatic rings. The number of benzene rings is 1. The highest BCUT2D eigenvalue weighted by Crippen LogP contribution is 2.25. The number of nitrogens with zero attached hydrogens (tertiary/aromatic N) is 2. The Hall–Kier alpha value is -1.36. The smallest absolute Gasteiger partial charge is 0.135 e. The molecular weight excluding hydrogens is 264 g/mol. The largest absolute Gasteiger partial charge is 0.458 e. The van der Waals surface area contributed by atoms with Crippen LogP contribution >= 0.6 is 0 Å². The number of likely N-dealkylation sites (N-methyl/N-ethyl adjacent to an activating group) is 1. The predicted octanol–water partition coefficient (Wildman–Crippen LogP) is 2.49. The number of rotatable bonds is 3. The van der Waals surface area contributed by atoms with Gasteiger partial charge in [-0.3, -0.25) is 4.90 Å². The molecule has 1 aliphatic rings. The minimum atomic E-state index is -0.566. The van der Waals surface area contributed by atoms with Crippen LogP contribution in [0.25, 0.3) is 11.0 Å². The van der Waals surface area contributed by atoms with Crippen LogP contribution in [-0.4, -0.2) is 54.2 Å². The first kappa shape index (κ1) is 14.6. The Morgan fingerprint density at radius 3 is 2.95 bits per heavy atom. The Bertz CT molecular complexity index is 562. The summed E-state index contributed by atoms with van der Waals surface area (Å²) in [7, 11) is 2.16. The molecule has 4 nitrogen and oxygen atoms in total. The lowest BCUT2D eigenvalue weighted by atomic mass is 10.2. The third-order valence-electron chi connectivity index (χ3n) is 4.36. The molecule has 0 radical (unpaired) electrons. The van der Waals surface area contributed by atoms with Crippen LogP contribution in [0.4, 0.5) is 0 Å². The Labute approximate surface area is 125 Å². The van der Waals surface area contributed by atoms with Crippen LogP contribution in [0, 0.1) is 0 Å². The van der Waals surface area contributed by atoms with Crippen LogP contribution in [0.15, 0.2) is 34.7 Å². The Morgan fingerprint density at radius 2 is 2.14 bits per heavy atom. The maximum absolute atomic E-state index is 10.5. The van der Waals surface area contributed by atoms with Crippen molar-refractivity contribution in [2.75, 3.05) is 33.2 Å². The average molecular weight is 288 g/mol. The van der Waals surface area contributed by atoms with Gasteiger partial charge in [-0.25, -0.2) is 0 Å². The van der Waals surface area contributed by atoms with Crippen molar-refractivity contribution in [3.8, 4) is 0 Å². The zero-order valence-electron chi connectivity index (χ0n) is 12.8. The maximum Gasteiger partial charge on any atom is 0.135 e. The van der Waals surface area contributed by atoms with Crippen LogP contribution in [0.2, 0.25) is 0 Å². The third-order valence-corrected chi connectivity index (χ3v) is 4.36. The number of para-hydroxylation sites is 1. The minimum absolute atomic E-state index is 0.455. The van der Waals surface area contributed by atoms with Crippen molar-refractivity contribution in [1.82, 2.24) is 9.80 Å². The van der Waals surface area contributed by atoms with E-state index in [0.717, 1.165) is 37.0 Å². The minimum Gasteiger partial charge on any atom is -0.458 e. The molecule has 1 saturated heterocycles. The lowest BCUT2D eigenvalue weighted by molar-refractivity contribution is 0.0782. The van der Waals surface area contributed by atoms with E-state index in [9.17, 15) is 5.11 Å². The summed E-state index contributed by atoms with van der Waals surface area (Å²) >= 11 is 0. The van der Waals surface area contributed by atoms with Gasteiger partial charge in [0.2, 0.25) is 0 Å². The van der Waals surface area contributed by atoms with Gasteiger partial charge < -0.3 is 14.4 Å². The molecule has 0 bridgehead atoms. The predicted molar refractivity (Wildman–Crippen MR) is 84.3 cm³/mol. The lowest BCUT2D eigenvalue weighted by Crippen LogP contribution is -2.40. The standard InChI is InChI=1S/C17H24N2O2/c1-13-11-18(2)8-5-9-19(13)12-15(20)17-10-14-6-3-4-7-16(14)21-17/h3-4,6-7,10,13,15,20H,5,8-9,11-12H2,1-2H3. The van der Waals surface area contributed by atoms with Gasteiger partial charge in [0.15, 0.2) is 0 Å². The Morgan fingerprint density at radius 1 is 1.33 bits per heavy atom. The number of aliphatic hydroxyl groups excluding tert-OH is 1. The molecule has 0 saturated carbocycles. The molecule has 1 fully saturated rings. The molecule has 0 amide bonds. The summed E-state index contributed by atoms with van der Waals surface area (Å²) in [5, 5.41) is 11.6. The van der Waals surface area contributed by atoms with Crippen molar-refractivity contribution in [3.05, 3.63) is 36.1 Å². The maximum atomic E-state index is 10.5. The molecule has 2 unspecified atom stereocenters. The van der Waals surface area contributed by atoms with E-state index in [0.29, 0.717) is 18.3 Å². The second-order valence-corrected chi connectivity index (χ2v) is 6.16. The van der Waals surface area contributed by atoms with E-state index in [1.54, 1.807) is 0 Å². The SMILES string of the molecule is CC1CN(C)CCCN1CC(O)c1cc2ccccc2o1. The van der Waals surface area contributed by atoms with E-state index >= 15 is 0 Å². The zero-order valence-corrected chi connectivity index (χ0v) is 12.8. The highest BCUT2D eigenvalue weighted by molar-refractivity contribution is 5.77. The summed E-state index contributed by atoms with van der Waals surface area (Å²) in [6.45, 7) is 6.07. The summed E-state index contributed by atoms with van der Waals surface area (Å²) < 4.78 is 5.77. The molecule has 1 aromatic heterocycles. The fraction of sp³-hybridized carbons (Fsp3) is 0.529. The first-order valence-corrected chi connectivity index (χ1v) is 7.72. The third kappa shape index (κ3) is 3.28. The van der Waals surface area contributed by atoms with Gasteiger partial charge in [0, 0.05) is 24.5 Å². The summed E-state index contributed by atoms with van der Waals surface area (Å²) in [5.74, 6) is 0.668. The molecule has 4 heteroatoms. The van der Waals surface area contributed by atoms with Crippen molar-refractivity contribution >= 4 is 11.0 Å². The number of hydrogen-bond acceptors (Lipinski definition) is 4. The van der Waals surface area contributed by atoms with Gasteiger partial charge in [0.05, 0.1) is 0 Å². The number of aliphatic hydroxyl groups is 1. The van der Waals surface area contributed by atoms with Gasteiger partial charge in [0.25, 0.3) is 0 Å². The van der Waals surface area contributed by atoms with Gasteiger partial charge >= 0.3 is 0 Å². The summed E-state index contributed by atoms with van der Waals surface area (Å²) in [6, 6.07) is 10.3. The van der Waals surface area contributed by atoms with Crippen LogP contribution in [-0.2, 0) is 0 Å². The van der Waals surface area contributed by atoms with Gasteiger partial charge in [-0.1, -0.05) is 18.2 Å². The molecule has 1 aliphatic heterocycles. The van der Waals surface area contributed by atoms with E-state index in [1.165, 1.54) is 0 Å². The molecule has 0 spiro atoms. The van der Waals surface area contributed by atoms with Crippen molar-refractivity contribution in [3.63, 3.8) is 0 Å². The molecule has 2 atom stereocenters. The monoisotopic (exact) mass is 288 g/mol. The van der Waals surface area contributed by atoms with Gasteiger partial charge in [-0.05, 0) is 45.6 Å². The summed E-state index contributed by atoms with van der Waals surface area (Å²) in [6.07, 6.45) is 0.580. The number of furan rings is 1. The van der Waals surface area contributed by atoms with Crippen molar-refractivity contribution in [2.45, 2.75) is 25.5 Å². The molecule has 3 rings (SSSR count). The molecule has 1 N–H and O–H groups in total. The van der Waals surface area contributed by atoms with Gasteiger partial charge in [-0.2, -0.15) is 0 Å².